The van der Waals surface area contributed by atoms with Crippen molar-refractivity contribution in [1.29, 1.82) is 0 Å². The van der Waals surface area contributed by atoms with Crippen LogP contribution in [0.4, 0.5) is 5.69 Å². The van der Waals surface area contributed by atoms with Crippen LogP contribution in [0.1, 0.15) is 38.1 Å². The molecule has 1 fully saturated rings. The van der Waals surface area contributed by atoms with E-state index in [-0.39, 0.29) is 29.8 Å². The number of hydrogen-bond acceptors (Lipinski definition) is 9. The maximum Gasteiger partial charge on any atom is 0.373 e. The van der Waals surface area contributed by atoms with Gasteiger partial charge < -0.3 is 19.1 Å². The van der Waals surface area contributed by atoms with E-state index < -0.39 is 5.97 Å². The van der Waals surface area contributed by atoms with Gasteiger partial charge in [-0.3, -0.25) is 9.59 Å². The molecule has 202 valence electrons. The Kier molecular flexibility index (Phi) is 9.08. The Morgan fingerprint density at radius 2 is 1.72 bits per heavy atom. The number of aromatic nitrogens is 1. The number of rotatable bonds is 6. The molecule has 1 saturated heterocycles. The van der Waals surface area contributed by atoms with Gasteiger partial charge in [-0.1, -0.05) is 35.9 Å². The van der Waals surface area contributed by atoms with Crippen LogP contribution >= 0.6 is 22.7 Å². The number of thiophene rings is 2. The van der Waals surface area contributed by atoms with Crippen molar-refractivity contribution < 1.29 is 23.9 Å². The zero-order chi connectivity index (χ0) is 27.9. The fraction of sp³-hybridized carbons (Fsp3) is 0.286. The number of esters is 1. The first-order chi connectivity index (χ1) is 18.9. The average molecular weight is 566 g/mol. The van der Waals surface area contributed by atoms with Gasteiger partial charge >= 0.3 is 12.1 Å². The summed E-state index contributed by atoms with van der Waals surface area (Å²) in [5.74, 6) is -0.593. The van der Waals surface area contributed by atoms with Crippen molar-refractivity contribution >= 4 is 57.3 Å². The second-order valence-electron chi connectivity index (χ2n) is 8.83. The van der Waals surface area contributed by atoms with E-state index in [2.05, 4.69) is 4.90 Å². The molecule has 0 bridgehead atoms. The Morgan fingerprint density at radius 1 is 1.03 bits per heavy atom. The number of piperazine rings is 1. The Morgan fingerprint density at radius 3 is 2.33 bits per heavy atom. The highest BCUT2D eigenvalue weighted by molar-refractivity contribution is 7.12. The molecule has 39 heavy (non-hydrogen) atoms. The van der Waals surface area contributed by atoms with Crippen molar-refractivity contribution in [1.82, 2.24) is 9.47 Å². The number of carbonyl (C=O) groups excluding carboxylic acids is 4. The SMILES string of the molecule is CCOC(=O)c1c(N2CCN(C(=O)c3cccs3)CC2)c2cscc2n(Cc2ccc(C)cc2)c1=O.O=C=O. The standard InChI is InChI=1S/C27H27N3O4S2.CO2/c1-3-34-27(33)23-24(28-10-12-29(13-11-28)25(31)22-5-4-14-36-22)20-16-35-17-21(20)30(26(23)32)15-19-8-6-18(2)7-9-19;2-1-3/h4-9,14,16-17H,3,10-13,15H2,1-2H3;. The third-order valence-electron chi connectivity index (χ3n) is 6.44. The Hall–Kier alpha value is -4.05. The summed E-state index contributed by atoms with van der Waals surface area (Å²) in [7, 11) is 0. The summed E-state index contributed by atoms with van der Waals surface area (Å²) >= 11 is 2.94. The Balaban J connectivity index is 0.00000112. The van der Waals surface area contributed by atoms with E-state index in [1.54, 1.807) is 11.5 Å². The smallest absolute Gasteiger partial charge is 0.373 e. The molecule has 0 unspecified atom stereocenters. The summed E-state index contributed by atoms with van der Waals surface area (Å²) in [5.41, 5.74) is 3.24. The van der Waals surface area contributed by atoms with E-state index >= 15 is 0 Å². The van der Waals surface area contributed by atoms with Crippen LogP contribution in [-0.2, 0) is 20.9 Å². The quantitative estimate of drug-likeness (QED) is 0.325. The lowest BCUT2D eigenvalue weighted by molar-refractivity contribution is -0.191. The highest BCUT2D eigenvalue weighted by Gasteiger charge is 2.30. The van der Waals surface area contributed by atoms with Crippen molar-refractivity contribution in [2.45, 2.75) is 20.4 Å². The van der Waals surface area contributed by atoms with Gasteiger partial charge in [0.15, 0.2) is 0 Å². The van der Waals surface area contributed by atoms with Gasteiger partial charge in [-0.05, 0) is 30.9 Å². The van der Waals surface area contributed by atoms with Crippen molar-refractivity contribution in [3.05, 3.63) is 84.5 Å². The van der Waals surface area contributed by atoms with E-state index in [9.17, 15) is 14.4 Å². The minimum absolute atomic E-state index is 0.0180. The number of benzene rings is 1. The van der Waals surface area contributed by atoms with E-state index in [0.29, 0.717) is 38.4 Å². The van der Waals surface area contributed by atoms with Crippen LogP contribution in [0.3, 0.4) is 0 Å². The molecule has 11 heteroatoms. The number of anilines is 1. The fourth-order valence-corrected chi connectivity index (χ4v) is 6.11. The summed E-state index contributed by atoms with van der Waals surface area (Å²) in [4.78, 5) is 60.7. The predicted molar refractivity (Wildman–Crippen MR) is 150 cm³/mol. The summed E-state index contributed by atoms with van der Waals surface area (Å²) in [6.45, 7) is 6.37. The van der Waals surface area contributed by atoms with Gasteiger partial charge in [-0.15, -0.1) is 22.7 Å². The number of aryl methyl sites for hydroxylation is 1. The molecular formula is C28H27N3O6S2. The van der Waals surface area contributed by atoms with Gasteiger partial charge in [-0.25, -0.2) is 4.79 Å². The molecule has 0 atom stereocenters. The van der Waals surface area contributed by atoms with Crippen LogP contribution in [0.2, 0.25) is 0 Å². The second-order valence-corrected chi connectivity index (χ2v) is 10.5. The van der Waals surface area contributed by atoms with E-state index in [1.165, 1.54) is 22.7 Å². The third-order valence-corrected chi connectivity index (χ3v) is 8.03. The molecule has 1 aromatic carbocycles. The molecular weight excluding hydrogens is 538 g/mol. The Bertz CT molecular complexity index is 1540. The van der Waals surface area contributed by atoms with E-state index in [0.717, 1.165) is 26.9 Å². The van der Waals surface area contributed by atoms with Crippen molar-refractivity contribution in [2.24, 2.45) is 0 Å². The van der Waals surface area contributed by atoms with Crippen LogP contribution in [0, 0.1) is 6.92 Å². The van der Waals surface area contributed by atoms with Crippen molar-refractivity contribution in [3.63, 3.8) is 0 Å². The molecule has 0 N–H and O–H groups in total. The lowest BCUT2D eigenvalue weighted by atomic mass is 10.1. The molecule has 9 nitrogen and oxygen atoms in total. The van der Waals surface area contributed by atoms with Gasteiger partial charge in [-0.2, -0.15) is 9.59 Å². The van der Waals surface area contributed by atoms with Gasteiger partial charge in [0.25, 0.3) is 11.5 Å². The minimum atomic E-state index is -0.611. The minimum Gasteiger partial charge on any atom is -0.462 e. The zero-order valence-electron chi connectivity index (χ0n) is 21.5. The van der Waals surface area contributed by atoms with Crippen LogP contribution in [0.25, 0.3) is 10.9 Å². The molecule has 0 spiro atoms. The van der Waals surface area contributed by atoms with Gasteiger partial charge in [0.05, 0.1) is 29.2 Å². The number of amides is 1. The number of fused-ring (bicyclic) bond motifs is 1. The molecule has 1 aliphatic rings. The number of carbonyl (C=O) groups is 2. The van der Waals surface area contributed by atoms with Gasteiger partial charge in [0.1, 0.15) is 5.56 Å². The van der Waals surface area contributed by atoms with Crippen LogP contribution in [0.5, 0.6) is 0 Å². The maximum absolute atomic E-state index is 13.8. The summed E-state index contributed by atoms with van der Waals surface area (Å²) in [5, 5.41) is 6.70. The molecule has 4 aromatic rings. The van der Waals surface area contributed by atoms with Crippen LogP contribution in [-0.4, -0.2) is 60.3 Å². The zero-order valence-corrected chi connectivity index (χ0v) is 23.2. The summed E-state index contributed by atoms with van der Waals surface area (Å²) < 4.78 is 7.03. The number of ether oxygens (including phenoxy) is 1. The summed E-state index contributed by atoms with van der Waals surface area (Å²) in [6, 6.07) is 11.7. The highest BCUT2D eigenvalue weighted by atomic mass is 32.1. The fourth-order valence-electron chi connectivity index (χ4n) is 4.59. The average Bonchev–Trinajstić information content (AvgIpc) is 3.64. The number of pyridine rings is 1. The van der Waals surface area contributed by atoms with Gasteiger partial charge in [0, 0.05) is 42.3 Å². The van der Waals surface area contributed by atoms with E-state index in [1.807, 2.05) is 64.4 Å². The summed E-state index contributed by atoms with van der Waals surface area (Å²) in [6.07, 6.45) is 0.250. The predicted octanol–water partition coefficient (Wildman–Crippen LogP) is 4.04. The van der Waals surface area contributed by atoms with E-state index in [4.69, 9.17) is 14.3 Å². The molecule has 0 aliphatic carbocycles. The largest absolute Gasteiger partial charge is 0.462 e. The first-order valence-corrected chi connectivity index (χ1v) is 14.1. The topological polar surface area (TPSA) is 106 Å². The highest BCUT2D eigenvalue weighted by Crippen LogP contribution is 2.33. The molecule has 1 aliphatic heterocycles. The molecule has 1 amide bonds. The molecule has 5 rings (SSSR count). The third kappa shape index (κ3) is 6.01. The number of nitrogens with zero attached hydrogens (tertiary/aromatic N) is 3. The lowest BCUT2D eigenvalue weighted by Crippen LogP contribution is -2.49. The molecule has 4 heterocycles. The first kappa shape index (κ1) is 28.0. The van der Waals surface area contributed by atoms with Crippen molar-refractivity contribution in [2.75, 3.05) is 37.7 Å². The monoisotopic (exact) mass is 565 g/mol. The van der Waals surface area contributed by atoms with Gasteiger partial charge in [0.2, 0.25) is 0 Å². The van der Waals surface area contributed by atoms with Crippen LogP contribution < -0.4 is 10.5 Å². The molecule has 3 aromatic heterocycles. The second kappa shape index (κ2) is 12.7. The maximum atomic E-state index is 13.8. The lowest BCUT2D eigenvalue weighted by Gasteiger charge is -2.37. The van der Waals surface area contributed by atoms with Crippen LogP contribution in [0.15, 0.2) is 57.3 Å². The molecule has 0 radical (unpaired) electrons. The Labute approximate surface area is 232 Å². The normalized spacial score (nSPS) is 13.0. The van der Waals surface area contributed by atoms with Crippen molar-refractivity contribution in [3.8, 4) is 0 Å². The molecule has 0 saturated carbocycles. The number of hydrogen-bond donors (Lipinski definition) is 0. The first-order valence-electron chi connectivity index (χ1n) is 12.3.